The van der Waals surface area contributed by atoms with Gasteiger partial charge in [0, 0.05) is 12.1 Å². The monoisotopic (exact) mass is 438 g/mol. The SMILES string of the molecule is CCOc1ccccc1CNC(=O)CN(c1ccccc1)S(=O)(=O)c1ccc(C)cc1. The molecule has 0 aliphatic rings. The summed E-state index contributed by atoms with van der Waals surface area (Å²) in [4.78, 5) is 12.9. The van der Waals surface area contributed by atoms with Gasteiger partial charge in [-0.2, -0.15) is 0 Å². The summed E-state index contributed by atoms with van der Waals surface area (Å²) in [5, 5.41) is 2.81. The van der Waals surface area contributed by atoms with Crippen molar-refractivity contribution < 1.29 is 17.9 Å². The first kappa shape index (κ1) is 22.4. The van der Waals surface area contributed by atoms with Crippen molar-refractivity contribution in [2.24, 2.45) is 0 Å². The lowest BCUT2D eigenvalue weighted by Crippen LogP contribution is -2.40. The first-order valence-electron chi connectivity index (χ1n) is 10.0. The van der Waals surface area contributed by atoms with Gasteiger partial charge in [-0.15, -0.1) is 0 Å². The molecular formula is C24H26N2O4S. The van der Waals surface area contributed by atoms with Gasteiger partial charge in [-0.1, -0.05) is 54.1 Å². The molecule has 0 aliphatic heterocycles. The lowest BCUT2D eigenvalue weighted by molar-refractivity contribution is -0.119. The molecule has 0 aliphatic carbocycles. The molecule has 6 nitrogen and oxygen atoms in total. The molecule has 0 spiro atoms. The van der Waals surface area contributed by atoms with Crippen LogP contribution in [0, 0.1) is 6.92 Å². The first-order chi connectivity index (χ1) is 14.9. The first-order valence-corrected chi connectivity index (χ1v) is 11.5. The predicted molar refractivity (Wildman–Crippen MR) is 122 cm³/mol. The second-order valence-electron chi connectivity index (χ2n) is 6.98. The molecule has 3 aromatic rings. The van der Waals surface area contributed by atoms with Crippen LogP contribution in [0.3, 0.4) is 0 Å². The minimum atomic E-state index is -3.92. The Bertz CT molecular complexity index is 1110. The van der Waals surface area contributed by atoms with Crippen molar-refractivity contribution >= 4 is 21.6 Å². The fourth-order valence-electron chi connectivity index (χ4n) is 3.07. The zero-order valence-electron chi connectivity index (χ0n) is 17.6. The number of benzene rings is 3. The second-order valence-corrected chi connectivity index (χ2v) is 8.84. The minimum Gasteiger partial charge on any atom is -0.494 e. The van der Waals surface area contributed by atoms with Gasteiger partial charge in [0.25, 0.3) is 10.0 Å². The number of aryl methyl sites for hydroxylation is 1. The van der Waals surface area contributed by atoms with Gasteiger partial charge in [0.15, 0.2) is 0 Å². The van der Waals surface area contributed by atoms with Crippen LogP contribution in [0.2, 0.25) is 0 Å². The van der Waals surface area contributed by atoms with Crippen LogP contribution in [0.4, 0.5) is 5.69 Å². The Morgan fingerprint density at radius 2 is 1.58 bits per heavy atom. The number of hydrogen-bond donors (Lipinski definition) is 1. The van der Waals surface area contributed by atoms with E-state index in [1.165, 1.54) is 0 Å². The average Bonchev–Trinajstić information content (AvgIpc) is 2.78. The zero-order chi connectivity index (χ0) is 22.3. The fraction of sp³-hybridized carbons (Fsp3) is 0.208. The van der Waals surface area contributed by atoms with Crippen LogP contribution in [0.5, 0.6) is 5.75 Å². The third-order valence-electron chi connectivity index (χ3n) is 4.69. The Kier molecular flexibility index (Phi) is 7.31. The van der Waals surface area contributed by atoms with E-state index in [4.69, 9.17) is 4.74 Å². The fourth-order valence-corrected chi connectivity index (χ4v) is 4.49. The Hall–Kier alpha value is -3.32. The van der Waals surface area contributed by atoms with Gasteiger partial charge in [-0.05, 0) is 44.2 Å². The number of hydrogen-bond acceptors (Lipinski definition) is 4. The number of sulfonamides is 1. The Balaban J connectivity index is 1.81. The molecule has 0 atom stereocenters. The number of nitrogens with one attached hydrogen (secondary N) is 1. The lowest BCUT2D eigenvalue weighted by Gasteiger charge is -2.24. The summed E-state index contributed by atoms with van der Waals surface area (Å²) < 4.78 is 33.3. The maximum absolute atomic E-state index is 13.3. The molecule has 0 radical (unpaired) electrons. The molecule has 0 saturated heterocycles. The van der Waals surface area contributed by atoms with E-state index in [-0.39, 0.29) is 18.0 Å². The van der Waals surface area contributed by atoms with E-state index >= 15 is 0 Å². The molecular weight excluding hydrogens is 412 g/mol. The lowest BCUT2D eigenvalue weighted by atomic mass is 10.2. The number of ether oxygens (including phenoxy) is 1. The molecule has 0 heterocycles. The summed E-state index contributed by atoms with van der Waals surface area (Å²) in [5.74, 6) is 0.281. The van der Waals surface area contributed by atoms with E-state index in [2.05, 4.69) is 5.32 Å². The highest BCUT2D eigenvalue weighted by Crippen LogP contribution is 2.24. The Morgan fingerprint density at radius 3 is 2.26 bits per heavy atom. The highest BCUT2D eigenvalue weighted by molar-refractivity contribution is 7.92. The van der Waals surface area contributed by atoms with Gasteiger partial charge >= 0.3 is 0 Å². The van der Waals surface area contributed by atoms with Crippen LogP contribution in [0.1, 0.15) is 18.1 Å². The summed E-state index contributed by atoms with van der Waals surface area (Å²) in [7, 11) is -3.92. The number of para-hydroxylation sites is 2. The van der Waals surface area contributed by atoms with E-state index in [9.17, 15) is 13.2 Å². The van der Waals surface area contributed by atoms with Crippen LogP contribution in [0.25, 0.3) is 0 Å². The molecule has 0 aromatic heterocycles. The normalized spacial score (nSPS) is 11.0. The number of carbonyl (C=O) groups excluding carboxylic acids is 1. The van der Waals surface area contributed by atoms with Gasteiger partial charge in [0.2, 0.25) is 5.91 Å². The van der Waals surface area contributed by atoms with Crippen molar-refractivity contribution in [3.63, 3.8) is 0 Å². The summed E-state index contributed by atoms with van der Waals surface area (Å²) >= 11 is 0. The standard InChI is InChI=1S/C24H26N2O4S/c1-3-30-23-12-8-7-9-20(23)17-25-24(27)18-26(21-10-5-4-6-11-21)31(28,29)22-15-13-19(2)14-16-22/h4-16H,3,17-18H2,1-2H3,(H,25,27). The van der Waals surface area contributed by atoms with Crippen molar-refractivity contribution in [2.45, 2.75) is 25.3 Å². The van der Waals surface area contributed by atoms with Crippen molar-refractivity contribution in [1.29, 1.82) is 0 Å². The molecule has 3 aromatic carbocycles. The maximum Gasteiger partial charge on any atom is 0.264 e. The zero-order valence-corrected chi connectivity index (χ0v) is 18.4. The van der Waals surface area contributed by atoms with Crippen LogP contribution in [-0.4, -0.2) is 27.5 Å². The molecule has 3 rings (SSSR count). The van der Waals surface area contributed by atoms with Crippen LogP contribution in [-0.2, 0) is 21.4 Å². The summed E-state index contributed by atoms with van der Waals surface area (Å²) in [6.07, 6.45) is 0. The predicted octanol–water partition coefficient (Wildman–Crippen LogP) is 3.91. The third kappa shape index (κ3) is 5.64. The molecule has 31 heavy (non-hydrogen) atoms. The minimum absolute atomic E-state index is 0.136. The average molecular weight is 439 g/mol. The highest BCUT2D eigenvalue weighted by atomic mass is 32.2. The van der Waals surface area contributed by atoms with E-state index in [1.54, 1.807) is 54.6 Å². The van der Waals surface area contributed by atoms with Gasteiger partial charge in [0.1, 0.15) is 12.3 Å². The summed E-state index contributed by atoms with van der Waals surface area (Å²) in [5.41, 5.74) is 2.20. The van der Waals surface area contributed by atoms with Crippen LogP contribution >= 0.6 is 0 Å². The van der Waals surface area contributed by atoms with Crippen molar-refractivity contribution in [1.82, 2.24) is 5.32 Å². The molecule has 0 bridgehead atoms. The van der Waals surface area contributed by atoms with Crippen LogP contribution < -0.4 is 14.4 Å². The van der Waals surface area contributed by atoms with Gasteiger partial charge in [-0.3, -0.25) is 9.10 Å². The van der Waals surface area contributed by atoms with Gasteiger partial charge in [-0.25, -0.2) is 8.42 Å². The smallest absolute Gasteiger partial charge is 0.264 e. The van der Waals surface area contributed by atoms with E-state index in [0.717, 1.165) is 15.4 Å². The molecule has 1 amide bonds. The number of rotatable bonds is 9. The highest BCUT2D eigenvalue weighted by Gasteiger charge is 2.27. The Morgan fingerprint density at radius 1 is 0.935 bits per heavy atom. The van der Waals surface area contributed by atoms with Crippen molar-refractivity contribution in [3.05, 3.63) is 90.0 Å². The third-order valence-corrected chi connectivity index (χ3v) is 6.48. The van der Waals surface area contributed by atoms with Crippen LogP contribution in [0.15, 0.2) is 83.8 Å². The molecule has 0 saturated carbocycles. The number of nitrogens with zero attached hydrogens (tertiary/aromatic N) is 1. The van der Waals surface area contributed by atoms with Gasteiger partial charge in [0.05, 0.1) is 17.2 Å². The molecule has 0 unspecified atom stereocenters. The quantitative estimate of drug-likeness (QED) is 0.550. The summed E-state index contributed by atoms with van der Waals surface area (Å²) in [6, 6.07) is 22.6. The Labute approximate surface area is 183 Å². The summed E-state index contributed by atoms with van der Waals surface area (Å²) in [6.45, 7) is 4.20. The van der Waals surface area contributed by atoms with Crippen molar-refractivity contribution in [3.8, 4) is 5.75 Å². The van der Waals surface area contributed by atoms with E-state index < -0.39 is 15.9 Å². The number of anilines is 1. The molecule has 1 N–H and O–H groups in total. The topological polar surface area (TPSA) is 75.7 Å². The van der Waals surface area contributed by atoms with E-state index in [1.807, 2.05) is 38.1 Å². The van der Waals surface area contributed by atoms with E-state index in [0.29, 0.717) is 18.0 Å². The largest absolute Gasteiger partial charge is 0.494 e. The molecule has 162 valence electrons. The number of carbonyl (C=O) groups is 1. The number of amides is 1. The van der Waals surface area contributed by atoms with Crippen molar-refractivity contribution in [2.75, 3.05) is 17.5 Å². The second kappa shape index (κ2) is 10.1. The van der Waals surface area contributed by atoms with Gasteiger partial charge < -0.3 is 10.1 Å². The maximum atomic E-state index is 13.3. The molecule has 7 heteroatoms. The molecule has 0 fully saturated rings.